The number of hydrogen-bond donors (Lipinski definition) is 3. The molecule has 1 amide bonds. The quantitative estimate of drug-likeness (QED) is 0.364. The number of thiazole rings is 1. The summed E-state index contributed by atoms with van der Waals surface area (Å²) in [6.45, 7) is 3.23. The third kappa shape index (κ3) is 10.6. The van der Waals surface area contributed by atoms with Gasteiger partial charge in [-0.05, 0) is 24.1 Å². The van der Waals surface area contributed by atoms with E-state index in [1.165, 1.54) is 22.6 Å². The first-order valence-electron chi connectivity index (χ1n) is 11.1. The molecule has 0 aromatic carbocycles. The number of fused-ring (bicyclic) bond motifs is 1. The van der Waals surface area contributed by atoms with E-state index in [4.69, 9.17) is 19.8 Å². The van der Waals surface area contributed by atoms with E-state index in [1.807, 2.05) is 18.5 Å². The maximum absolute atomic E-state index is 12.0. The molecule has 40 heavy (non-hydrogen) atoms. The number of alkyl halides is 6. The number of pyridine rings is 1. The van der Waals surface area contributed by atoms with Crippen molar-refractivity contribution in [3.05, 3.63) is 64.6 Å². The van der Waals surface area contributed by atoms with Crippen LogP contribution in [-0.4, -0.2) is 78.1 Å². The molecule has 1 atom stereocenters. The van der Waals surface area contributed by atoms with Crippen LogP contribution in [0.5, 0.6) is 0 Å². The van der Waals surface area contributed by atoms with E-state index >= 15 is 0 Å². The summed E-state index contributed by atoms with van der Waals surface area (Å²) >= 11 is 1.42. The lowest BCUT2D eigenvalue weighted by Gasteiger charge is -2.34. The molecular weight excluding hydrogens is 574 g/mol. The summed E-state index contributed by atoms with van der Waals surface area (Å²) in [6.07, 6.45) is -3.78. The number of hydrogen-bond acceptors (Lipinski definition) is 8. The Morgan fingerprint density at radius 1 is 1.05 bits per heavy atom. The summed E-state index contributed by atoms with van der Waals surface area (Å²) in [5, 5.41) is 23.4. The Morgan fingerprint density at radius 3 is 2.23 bits per heavy atom. The topological polar surface area (TPSA) is 151 Å². The summed E-state index contributed by atoms with van der Waals surface area (Å²) in [4.78, 5) is 40.5. The number of carbonyl (C=O) groups is 3. The molecule has 0 saturated carbocycles. The molecule has 1 unspecified atom stereocenters. The minimum Gasteiger partial charge on any atom is -0.475 e. The summed E-state index contributed by atoms with van der Waals surface area (Å²) in [5.41, 5.74) is 4.56. The SMILES string of the molecule is O=C(NCCC1CN(Cc2cccnc2)Cc2ccnn21)c1cscn1.O=C(O)C(F)(F)F.O=C(O)C(F)(F)F. The molecule has 0 aliphatic carbocycles. The van der Waals surface area contributed by atoms with Gasteiger partial charge in [0.15, 0.2) is 0 Å². The van der Waals surface area contributed by atoms with Crippen molar-refractivity contribution in [2.45, 2.75) is 37.9 Å². The number of amides is 1. The van der Waals surface area contributed by atoms with Gasteiger partial charge in [0.1, 0.15) is 5.69 Å². The monoisotopic (exact) mass is 596 g/mol. The molecule has 3 aromatic heterocycles. The highest BCUT2D eigenvalue weighted by atomic mass is 32.1. The molecule has 3 aromatic rings. The minimum atomic E-state index is -5.08. The lowest BCUT2D eigenvalue weighted by Crippen LogP contribution is -2.39. The highest BCUT2D eigenvalue weighted by Gasteiger charge is 2.38. The number of carboxylic acid groups (broad SMARTS) is 2. The van der Waals surface area contributed by atoms with Gasteiger partial charge in [-0.1, -0.05) is 6.07 Å². The summed E-state index contributed by atoms with van der Waals surface area (Å²) < 4.78 is 65.6. The maximum Gasteiger partial charge on any atom is 0.490 e. The van der Waals surface area contributed by atoms with Crippen molar-refractivity contribution in [3.63, 3.8) is 0 Å². The van der Waals surface area contributed by atoms with Crippen LogP contribution in [0.2, 0.25) is 0 Å². The molecule has 0 radical (unpaired) electrons. The van der Waals surface area contributed by atoms with E-state index in [0.29, 0.717) is 12.2 Å². The van der Waals surface area contributed by atoms with Crippen LogP contribution in [0.1, 0.15) is 34.2 Å². The fourth-order valence-corrected chi connectivity index (χ4v) is 3.85. The molecule has 11 nitrogen and oxygen atoms in total. The standard InChI is InChI=1S/C18H20N6OS.2C2HF3O2/c25-18(17-12-26-13-21-17)20-6-3-15-10-23(9-14-2-1-5-19-8-14)11-16-4-7-22-24(15)16;2*3-2(4,5)1(6)7/h1-2,4-5,7-8,12-13,15H,3,6,9-11H2,(H,20,25);2*(H,6,7). The van der Waals surface area contributed by atoms with Gasteiger partial charge in [-0.2, -0.15) is 31.4 Å². The van der Waals surface area contributed by atoms with E-state index in [2.05, 4.69) is 42.1 Å². The summed E-state index contributed by atoms with van der Waals surface area (Å²) in [6, 6.07) is 6.37. The molecule has 4 heterocycles. The number of halogens is 6. The fraction of sp³-hybridized carbons (Fsp3) is 0.364. The van der Waals surface area contributed by atoms with Crippen molar-refractivity contribution >= 4 is 29.2 Å². The van der Waals surface area contributed by atoms with Gasteiger partial charge in [0, 0.05) is 50.1 Å². The molecule has 4 rings (SSSR count). The minimum absolute atomic E-state index is 0.116. The molecule has 0 saturated heterocycles. The zero-order chi connectivity index (χ0) is 29.9. The average molecular weight is 597 g/mol. The van der Waals surface area contributed by atoms with Gasteiger partial charge in [-0.25, -0.2) is 14.6 Å². The average Bonchev–Trinajstić information content (AvgIpc) is 3.57. The van der Waals surface area contributed by atoms with Crippen molar-refractivity contribution in [2.24, 2.45) is 0 Å². The van der Waals surface area contributed by atoms with Crippen molar-refractivity contribution in [1.29, 1.82) is 0 Å². The second-order valence-corrected chi connectivity index (χ2v) is 8.69. The second-order valence-electron chi connectivity index (χ2n) is 7.98. The number of carboxylic acids is 2. The van der Waals surface area contributed by atoms with Crippen molar-refractivity contribution in [1.82, 2.24) is 30.0 Å². The summed E-state index contributed by atoms with van der Waals surface area (Å²) in [7, 11) is 0. The second kappa shape index (κ2) is 14.4. The number of nitrogens with zero attached hydrogens (tertiary/aromatic N) is 5. The van der Waals surface area contributed by atoms with Crippen LogP contribution in [0.15, 0.2) is 47.7 Å². The van der Waals surface area contributed by atoms with Gasteiger partial charge in [-0.15, -0.1) is 11.3 Å². The van der Waals surface area contributed by atoms with Crippen LogP contribution < -0.4 is 5.32 Å². The van der Waals surface area contributed by atoms with Crippen LogP contribution in [0, 0.1) is 0 Å². The number of rotatable bonds is 6. The number of nitrogens with one attached hydrogen (secondary N) is 1. The van der Waals surface area contributed by atoms with E-state index in [1.54, 1.807) is 17.1 Å². The van der Waals surface area contributed by atoms with Crippen LogP contribution in [0.3, 0.4) is 0 Å². The van der Waals surface area contributed by atoms with Gasteiger partial charge < -0.3 is 15.5 Å². The lowest BCUT2D eigenvalue weighted by molar-refractivity contribution is -0.193. The van der Waals surface area contributed by atoms with Gasteiger partial charge in [-0.3, -0.25) is 19.4 Å². The van der Waals surface area contributed by atoms with Crippen molar-refractivity contribution in [2.75, 3.05) is 13.1 Å². The molecular formula is C22H22F6N6O5S. The highest BCUT2D eigenvalue weighted by molar-refractivity contribution is 7.07. The number of aromatic nitrogens is 4. The first-order chi connectivity index (χ1) is 18.7. The van der Waals surface area contributed by atoms with Gasteiger partial charge >= 0.3 is 24.3 Å². The summed E-state index contributed by atoms with van der Waals surface area (Å²) in [5.74, 6) is -5.63. The van der Waals surface area contributed by atoms with E-state index in [0.717, 1.165) is 26.1 Å². The molecule has 3 N–H and O–H groups in total. The first-order valence-corrected chi connectivity index (χ1v) is 12.0. The largest absolute Gasteiger partial charge is 0.490 e. The van der Waals surface area contributed by atoms with Crippen LogP contribution in [0.4, 0.5) is 26.3 Å². The third-order valence-electron chi connectivity index (χ3n) is 4.99. The molecule has 0 spiro atoms. The molecule has 1 aliphatic rings. The molecule has 0 fully saturated rings. The fourth-order valence-electron chi connectivity index (χ4n) is 3.32. The number of aliphatic carboxylic acids is 2. The molecule has 1 aliphatic heterocycles. The molecule has 0 bridgehead atoms. The predicted octanol–water partition coefficient (Wildman–Crippen LogP) is 3.38. The smallest absolute Gasteiger partial charge is 0.475 e. The van der Waals surface area contributed by atoms with Gasteiger partial charge in [0.05, 0.1) is 17.2 Å². The normalized spacial score (nSPS) is 15.0. The Bertz CT molecular complexity index is 1210. The van der Waals surface area contributed by atoms with Crippen LogP contribution >= 0.6 is 11.3 Å². The zero-order valence-corrected chi connectivity index (χ0v) is 21.1. The lowest BCUT2D eigenvalue weighted by atomic mass is 10.1. The third-order valence-corrected chi connectivity index (χ3v) is 5.58. The Kier molecular flexibility index (Phi) is 11.5. The van der Waals surface area contributed by atoms with Crippen LogP contribution in [-0.2, 0) is 22.7 Å². The highest BCUT2D eigenvalue weighted by Crippen LogP contribution is 2.24. The first kappa shape index (κ1) is 32.2. The zero-order valence-electron chi connectivity index (χ0n) is 20.3. The van der Waals surface area contributed by atoms with Crippen molar-refractivity contribution < 1.29 is 50.9 Å². The van der Waals surface area contributed by atoms with E-state index < -0.39 is 24.3 Å². The molecule has 218 valence electrons. The molecule has 18 heteroatoms. The van der Waals surface area contributed by atoms with Crippen molar-refractivity contribution in [3.8, 4) is 0 Å². The Labute approximate surface area is 226 Å². The van der Waals surface area contributed by atoms with Gasteiger partial charge in [0.25, 0.3) is 5.91 Å². The maximum atomic E-state index is 12.0. The number of carbonyl (C=O) groups excluding carboxylic acids is 1. The Morgan fingerprint density at radius 2 is 1.70 bits per heavy atom. The van der Waals surface area contributed by atoms with E-state index in [-0.39, 0.29) is 11.9 Å². The Balaban J connectivity index is 0.000000333. The van der Waals surface area contributed by atoms with E-state index in [9.17, 15) is 31.1 Å². The van der Waals surface area contributed by atoms with Crippen LogP contribution in [0.25, 0.3) is 0 Å². The van der Waals surface area contributed by atoms with Gasteiger partial charge in [0.2, 0.25) is 0 Å². The Hall–Kier alpha value is -4.06. The predicted molar refractivity (Wildman–Crippen MR) is 126 cm³/mol.